The Morgan fingerprint density at radius 2 is 1.63 bits per heavy atom. The molecule has 2 heterocycles. The summed E-state index contributed by atoms with van der Waals surface area (Å²) in [5.74, 6) is 1.33. The molecule has 0 saturated carbocycles. The number of halogens is 1. The van der Waals surface area contributed by atoms with E-state index >= 15 is 0 Å². The van der Waals surface area contributed by atoms with Crippen molar-refractivity contribution in [3.05, 3.63) is 131 Å². The Hall–Kier alpha value is -4.53. The van der Waals surface area contributed by atoms with Gasteiger partial charge in [-0.15, -0.1) is 0 Å². The van der Waals surface area contributed by atoms with Gasteiger partial charge < -0.3 is 24.2 Å². The number of likely N-dealkylation sites (tertiary alicyclic amines) is 1. The van der Waals surface area contributed by atoms with Crippen molar-refractivity contribution in [2.45, 2.75) is 37.3 Å². The van der Waals surface area contributed by atoms with E-state index in [1.807, 2.05) is 78.7 Å². The molecule has 7 nitrogen and oxygen atoms in total. The van der Waals surface area contributed by atoms with E-state index < -0.39 is 5.60 Å². The van der Waals surface area contributed by atoms with Gasteiger partial charge in [0.05, 0.1) is 18.1 Å². The van der Waals surface area contributed by atoms with Crippen LogP contribution in [0.2, 0.25) is 0 Å². The molecule has 1 atom stereocenters. The lowest BCUT2D eigenvalue weighted by atomic mass is 9.89. The Morgan fingerprint density at radius 1 is 0.957 bits per heavy atom. The molecule has 0 spiro atoms. The van der Waals surface area contributed by atoms with Crippen LogP contribution in [0, 0.1) is 5.82 Å². The maximum Gasteiger partial charge on any atom is 0.253 e. The quantitative estimate of drug-likeness (QED) is 0.184. The summed E-state index contributed by atoms with van der Waals surface area (Å²) in [5, 5.41) is 12.0. The summed E-state index contributed by atoms with van der Waals surface area (Å²) in [7, 11) is 3.53. The van der Waals surface area contributed by atoms with Crippen LogP contribution in [0.5, 0.6) is 5.75 Å². The third-order valence-corrected chi connectivity index (χ3v) is 9.25. The molecule has 0 radical (unpaired) electrons. The number of aliphatic hydroxyl groups is 1. The highest BCUT2D eigenvalue weighted by Gasteiger charge is 2.38. The molecule has 1 fully saturated rings. The number of carbonyl (C=O) groups excluding carboxylic acids is 1. The number of hydrogen-bond acceptors (Lipinski definition) is 5. The van der Waals surface area contributed by atoms with Crippen molar-refractivity contribution in [1.82, 2.24) is 19.4 Å². The Kier molecular flexibility index (Phi) is 9.47. The topological polar surface area (TPSA) is 70.8 Å². The number of amides is 1. The van der Waals surface area contributed by atoms with Crippen molar-refractivity contribution in [2.75, 3.05) is 40.3 Å². The van der Waals surface area contributed by atoms with E-state index in [9.17, 15) is 14.3 Å². The maximum absolute atomic E-state index is 13.6. The first kappa shape index (κ1) is 31.5. The van der Waals surface area contributed by atoms with Gasteiger partial charge in [0.2, 0.25) is 0 Å². The number of nitrogens with zero attached hydrogens (tertiary/aromatic N) is 4. The Labute approximate surface area is 269 Å². The Bertz CT molecular complexity index is 1750. The fourth-order valence-electron chi connectivity index (χ4n) is 6.53. The number of ether oxygens (including phenoxy) is 1. The molecule has 1 aliphatic rings. The second-order valence-electron chi connectivity index (χ2n) is 12.3. The molecule has 238 valence electrons. The van der Waals surface area contributed by atoms with Crippen LogP contribution in [0.1, 0.15) is 52.5 Å². The number of para-hydroxylation sites is 2. The number of likely N-dealkylation sites (N-methyl/N-ethyl adjacent to an activating group) is 1. The Balaban J connectivity index is 1.15. The number of hydrogen-bond donors (Lipinski definition) is 1. The van der Waals surface area contributed by atoms with E-state index in [2.05, 4.69) is 21.6 Å². The van der Waals surface area contributed by atoms with Crippen molar-refractivity contribution < 1.29 is 19.0 Å². The van der Waals surface area contributed by atoms with E-state index in [1.54, 1.807) is 19.2 Å². The molecule has 1 N–H and O–H groups in total. The van der Waals surface area contributed by atoms with E-state index in [1.165, 1.54) is 12.1 Å². The SMILES string of the molecule is COc1ccc(C(CCN2CCC(O)(c3nc4ccccc4n3Cc3ccc(F)cc3)CC2)CN(C)C(=O)c2ccccc2)cc1. The molecular weight excluding hydrogens is 579 g/mol. The number of carbonyl (C=O) groups is 1. The van der Waals surface area contributed by atoms with Crippen LogP contribution in [-0.4, -0.2) is 70.7 Å². The molecule has 8 heteroatoms. The van der Waals surface area contributed by atoms with Crippen molar-refractivity contribution >= 4 is 16.9 Å². The number of aromatic nitrogens is 2. The number of rotatable bonds is 11. The highest BCUT2D eigenvalue weighted by atomic mass is 19.1. The van der Waals surface area contributed by atoms with Crippen molar-refractivity contribution in [1.29, 1.82) is 0 Å². The monoisotopic (exact) mass is 620 g/mol. The second-order valence-corrected chi connectivity index (χ2v) is 12.3. The second kappa shape index (κ2) is 13.8. The smallest absolute Gasteiger partial charge is 0.253 e. The summed E-state index contributed by atoms with van der Waals surface area (Å²) < 4.78 is 21.1. The lowest BCUT2D eigenvalue weighted by Gasteiger charge is -2.38. The molecule has 0 aliphatic carbocycles. The average Bonchev–Trinajstić information content (AvgIpc) is 3.47. The van der Waals surface area contributed by atoms with Gasteiger partial charge in [0.15, 0.2) is 0 Å². The van der Waals surface area contributed by atoms with Gasteiger partial charge in [-0.05, 0) is 85.5 Å². The first-order valence-corrected chi connectivity index (χ1v) is 15.9. The van der Waals surface area contributed by atoms with Gasteiger partial charge in [0.1, 0.15) is 23.0 Å². The summed E-state index contributed by atoms with van der Waals surface area (Å²) in [5.41, 5.74) is 3.51. The first-order chi connectivity index (χ1) is 22.3. The molecule has 1 aromatic heterocycles. The van der Waals surface area contributed by atoms with E-state index in [-0.39, 0.29) is 17.6 Å². The van der Waals surface area contributed by atoms with Crippen LogP contribution in [0.25, 0.3) is 11.0 Å². The molecular formula is C38H41FN4O3. The lowest BCUT2D eigenvalue weighted by molar-refractivity contribution is -0.0353. The van der Waals surface area contributed by atoms with Gasteiger partial charge in [-0.2, -0.15) is 0 Å². The number of methoxy groups -OCH3 is 1. The van der Waals surface area contributed by atoms with E-state index in [0.717, 1.165) is 54.0 Å². The van der Waals surface area contributed by atoms with Crippen LogP contribution >= 0.6 is 0 Å². The minimum atomic E-state index is -1.08. The Morgan fingerprint density at radius 3 is 2.33 bits per heavy atom. The van der Waals surface area contributed by atoms with Crippen LogP contribution in [0.3, 0.4) is 0 Å². The molecule has 5 aromatic rings. The van der Waals surface area contributed by atoms with Crippen molar-refractivity contribution in [3.63, 3.8) is 0 Å². The summed E-state index contributed by atoms with van der Waals surface area (Å²) in [6, 6.07) is 31.9. The van der Waals surface area contributed by atoms with E-state index in [0.29, 0.717) is 37.3 Å². The van der Waals surface area contributed by atoms with E-state index in [4.69, 9.17) is 9.72 Å². The summed E-state index contributed by atoms with van der Waals surface area (Å²) in [6.07, 6.45) is 1.97. The fraction of sp³-hybridized carbons (Fsp3) is 0.316. The molecule has 1 saturated heterocycles. The molecule has 0 bridgehead atoms. The van der Waals surface area contributed by atoms with Gasteiger partial charge in [-0.1, -0.05) is 54.6 Å². The molecule has 1 unspecified atom stereocenters. The number of benzene rings is 4. The zero-order valence-corrected chi connectivity index (χ0v) is 26.5. The highest BCUT2D eigenvalue weighted by Crippen LogP contribution is 2.35. The van der Waals surface area contributed by atoms with Gasteiger partial charge in [0.25, 0.3) is 5.91 Å². The average molecular weight is 621 g/mol. The molecule has 1 amide bonds. The van der Waals surface area contributed by atoms with Gasteiger partial charge in [-0.25, -0.2) is 9.37 Å². The van der Waals surface area contributed by atoms with Crippen molar-refractivity contribution in [2.24, 2.45) is 0 Å². The number of imidazole rings is 1. The van der Waals surface area contributed by atoms with Crippen LogP contribution in [-0.2, 0) is 12.1 Å². The van der Waals surface area contributed by atoms with Crippen LogP contribution < -0.4 is 4.74 Å². The minimum absolute atomic E-state index is 0.00525. The predicted octanol–water partition coefficient (Wildman–Crippen LogP) is 6.46. The largest absolute Gasteiger partial charge is 0.497 e. The first-order valence-electron chi connectivity index (χ1n) is 15.9. The van der Waals surface area contributed by atoms with Crippen LogP contribution in [0.15, 0.2) is 103 Å². The molecule has 1 aliphatic heterocycles. The molecule has 46 heavy (non-hydrogen) atoms. The summed E-state index contributed by atoms with van der Waals surface area (Å²) >= 11 is 0. The summed E-state index contributed by atoms with van der Waals surface area (Å²) in [4.78, 5) is 22.3. The number of fused-ring (bicyclic) bond motifs is 1. The standard InChI is InChI=1S/C38H41FN4O3/c1-41(36(44)30-8-4-3-5-9-30)27-31(29-14-18-33(46-2)19-15-29)20-23-42-24-21-38(45,22-25-42)37-40-34-10-6-7-11-35(34)43(37)26-28-12-16-32(39)17-13-28/h3-19,31,45H,20-27H2,1-2H3. The maximum atomic E-state index is 13.6. The molecule has 4 aromatic carbocycles. The molecule has 6 rings (SSSR count). The van der Waals surface area contributed by atoms with Gasteiger partial charge >= 0.3 is 0 Å². The summed E-state index contributed by atoms with van der Waals surface area (Å²) in [6.45, 7) is 3.38. The van der Waals surface area contributed by atoms with Gasteiger partial charge in [0, 0.05) is 44.7 Å². The zero-order chi connectivity index (χ0) is 32.1. The minimum Gasteiger partial charge on any atom is -0.497 e. The highest BCUT2D eigenvalue weighted by molar-refractivity contribution is 5.94. The number of piperidine rings is 1. The normalized spacial score (nSPS) is 15.5. The predicted molar refractivity (Wildman–Crippen MR) is 179 cm³/mol. The lowest BCUT2D eigenvalue weighted by Crippen LogP contribution is -2.44. The fourth-order valence-corrected chi connectivity index (χ4v) is 6.53. The van der Waals surface area contributed by atoms with Crippen molar-refractivity contribution in [3.8, 4) is 5.75 Å². The van der Waals surface area contributed by atoms with Crippen LogP contribution in [0.4, 0.5) is 4.39 Å². The van der Waals surface area contributed by atoms with Gasteiger partial charge in [-0.3, -0.25) is 4.79 Å². The zero-order valence-electron chi connectivity index (χ0n) is 26.5. The third kappa shape index (κ3) is 6.98. The third-order valence-electron chi connectivity index (χ3n) is 9.25.